The second-order valence-electron chi connectivity index (χ2n) is 3.63. The quantitative estimate of drug-likeness (QED) is 0.923. The van der Waals surface area contributed by atoms with Gasteiger partial charge in [-0.2, -0.15) is 5.10 Å². The average Bonchev–Trinajstić information content (AvgIpc) is 2.74. The smallest absolute Gasteiger partial charge is 0.339 e. The monoisotopic (exact) mass is 266 g/mol. The van der Waals surface area contributed by atoms with Crippen molar-refractivity contribution in [1.29, 1.82) is 0 Å². The molecule has 1 aromatic carbocycles. The molecule has 2 rings (SSSR count). The molecule has 0 spiro atoms. The fourth-order valence-electron chi connectivity index (χ4n) is 1.63. The van der Waals surface area contributed by atoms with Gasteiger partial charge in [0.25, 0.3) is 0 Å². The van der Waals surface area contributed by atoms with E-state index in [0.29, 0.717) is 10.7 Å². The van der Waals surface area contributed by atoms with Crippen LogP contribution in [0.15, 0.2) is 30.5 Å². The number of benzene rings is 1. The highest BCUT2D eigenvalue weighted by atomic mass is 35.5. The van der Waals surface area contributed by atoms with Crippen molar-refractivity contribution in [3.05, 3.63) is 46.7 Å². The summed E-state index contributed by atoms with van der Waals surface area (Å²) in [5.74, 6) is -1.03. The number of carboxylic acid groups (broad SMARTS) is 1. The number of carbonyl (C=O) groups is 1. The molecule has 0 aliphatic heterocycles. The number of hydrogen-bond donors (Lipinski definition) is 1. The highest BCUT2D eigenvalue weighted by Gasteiger charge is 2.17. The maximum atomic E-state index is 11.1. The second kappa shape index (κ2) is 5.20. The lowest BCUT2D eigenvalue weighted by molar-refractivity contribution is 0.0691. The molecule has 0 aliphatic carbocycles. The first kappa shape index (κ1) is 12.6. The van der Waals surface area contributed by atoms with Crippen LogP contribution in [0.3, 0.4) is 0 Å². The fourth-order valence-corrected chi connectivity index (χ4v) is 1.76. The van der Waals surface area contributed by atoms with Crippen LogP contribution in [0.5, 0.6) is 0 Å². The molecule has 0 bridgehead atoms. The highest BCUT2D eigenvalue weighted by molar-refractivity contribution is 6.30. The van der Waals surface area contributed by atoms with Crippen molar-refractivity contribution in [3.8, 4) is 5.69 Å². The molecule has 1 heterocycles. The number of rotatable bonds is 4. The van der Waals surface area contributed by atoms with Gasteiger partial charge in [0.1, 0.15) is 5.56 Å². The van der Waals surface area contributed by atoms with Crippen LogP contribution in [0.25, 0.3) is 5.69 Å². The summed E-state index contributed by atoms with van der Waals surface area (Å²) in [6, 6.07) is 6.96. The zero-order valence-electron chi connectivity index (χ0n) is 9.63. The van der Waals surface area contributed by atoms with Crippen LogP contribution in [0, 0.1) is 0 Å². The summed E-state index contributed by atoms with van der Waals surface area (Å²) in [5, 5.41) is 13.7. The van der Waals surface area contributed by atoms with E-state index in [1.807, 2.05) is 0 Å². The Morgan fingerprint density at radius 3 is 2.67 bits per heavy atom. The topological polar surface area (TPSA) is 64.3 Å². The lowest BCUT2D eigenvalue weighted by atomic mass is 10.2. The van der Waals surface area contributed by atoms with Crippen molar-refractivity contribution in [2.45, 2.75) is 6.61 Å². The summed E-state index contributed by atoms with van der Waals surface area (Å²) in [7, 11) is 1.50. The van der Waals surface area contributed by atoms with Gasteiger partial charge in [0.2, 0.25) is 0 Å². The van der Waals surface area contributed by atoms with E-state index in [1.54, 1.807) is 24.3 Å². The lowest BCUT2D eigenvalue weighted by Gasteiger charge is -2.07. The number of hydrogen-bond acceptors (Lipinski definition) is 3. The Kier molecular flexibility index (Phi) is 3.64. The van der Waals surface area contributed by atoms with Gasteiger partial charge in [-0.25, -0.2) is 9.48 Å². The molecule has 0 atom stereocenters. The Hall–Kier alpha value is -1.85. The summed E-state index contributed by atoms with van der Waals surface area (Å²) < 4.78 is 6.54. The van der Waals surface area contributed by atoms with Gasteiger partial charge in [-0.15, -0.1) is 0 Å². The van der Waals surface area contributed by atoms with E-state index in [0.717, 1.165) is 5.69 Å². The van der Waals surface area contributed by atoms with Crippen molar-refractivity contribution in [3.63, 3.8) is 0 Å². The Bertz CT molecular complexity index is 563. The Balaban J connectivity index is 2.50. The highest BCUT2D eigenvalue weighted by Crippen LogP contribution is 2.18. The maximum absolute atomic E-state index is 11.1. The van der Waals surface area contributed by atoms with Crippen molar-refractivity contribution in [2.75, 3.05) is 7.11 Å². The van der Waals surface area contributed by atoms with Crippen LogP contribution < -0.4 is 0 Å². The van der Waals surface area contributed by atoms with Crippen LogP contribution in [-0.4, -0.2) is 28.0 Å². The van der Waals surface area contributed by atoms with Crippen molar-refractivity contribution < 1.29 is 14.6 Å². The second-order valence-corrected chi connectivity index (χ2v) is 4.07. The third-order valence-corrected chi connectivity index (χ3v) is 2.70. The molecule has 0 unspecified atom stereocenters. The van der Waals surface area contributed by atoms with Gasteiger partial charge >= 0.3 is 5.97 Å². The van der Waals surface area contributed by atoms with Gasteiger partial charge in [-0.1, -0.05) is 11.6 Å². The van der Waals surface area contributed by atoms with E-state index < -0.39 is 5.97 Å². The third kappa shape index (κ3) is 2.37. The summed E-state index contributed by atoms with van der Waals surface area (Å²) in [5.41, 5.74) is 1.36. The standard InChI is InChI=1S/C12H11ClN2O3/c1-18-7-11-10(12(16)17)6-14-15(11)9-4-2-8(13)3-5-9/h2-6H,7H2,1H3,(H,16,17). The molecule has 0 fully saturated rings. The Labute approximate surface area is 109 Å². The van der Waals surface area contributed by atoms with E-state index in [-0.39, 0.29) is 12.2 Å². The van der Waals surface area contributed by atoms with Crippen LogP contribution in [0.4, 0.5) is 0 Å². The lowest BCUT2D eigenvalue weighted by Crippen LogP contribution is -2.07. The van der Waals surface area contributed by atoms with Gasteiger partial charge < -0.3 is 9.84 Å². The Morgan fingerprint density at radius 2 is 2.11 bits per heavy atom. The van der Waals surface area contributed by atoms with Gasteiger partial charge in [0.15, 0.2) is 0 Å². The zero-order valence-corrected chi connectivity index (χ0v) is 10.4. The van der Waals surface area contributed by atoms with Crippen molar-refractivity contribution in [2.24, 2.45) is 0 Å². The first-order valence-corrected chi connectivity index (χ1v) is 5.56. The Morgan fingerprint density at radius 1 is 1.44 bits per heavy atom. The van der Waals surface area contributed by atoms with Gasteiger partial charge in [0, 0.05) is 12.1 Å². The molecular formula is C12H11ClN2O3. The largest absolute Gasteiger partial charge is 0.478 e. The van der Waals surface area contributed by atoms with Gasteiger partial charge in [-0.3, -0.25) is 0 Å². The number of methoxy groups -OCH3 is 1. The number of carboxylic acids is 1. The normalized spacial score (nSPS) is 10.6. The molecule has 1 N–H and O–H groups in total. The maximum Gasteiger partial charge on any atom is 0.339 e. The van der Waals surface area contributed by atoms with Gasteiger partial charge in [-0.05, 0) is 24.3 Å². The summed E-state index contributed by atoms with van der Waals surface area (Å²) >= 11 is 5.81. The predicted octanol–water partition coefficient (Wildman–Crippen LogP) is 2.37. The SMILES string of the molecule is COCc1c(C(=O)O)cnn1-c1ccc(Cl)cc1. The summed E-state index contributed by atoms with van der Waals surface area (Å²) in [6.07, 6.45) is 1.31. The number of nitrogens with zero attached hydrogens (tertiary/aromatic N) is 2. The first-order valence-electron chi connectivity index (χ1n) is 5.18. The molecule has 6 heteroatoms. The molecule has 1 aromatic heterocycles. The first-order chi connectivity index (χ1) is 8.63. The summed E-state index contributed by atoms with van der Waals surface area (Å²) in [4.78, 5) is 11.1. The minimum Gasteiger partial charge on any atom is -0.478 e. The van der Waals surface area contributed by atoms with E-state index in [9.17, 15) is 4.79 Å². The van der Waals surface area contributed by atoms with Crippen LogP contribution >= 0.6 is 11.6 Å². The molecule has 0 amide bonds. The molecule has 0 saturated heterocycles. The van der Waals surface area contributed by atoms with Crippen LogP contribution in [-0.2, 0) is 11.3 Å². The third-order valence-electron chi connectivity index (χ3n) is 2.45. The molecule has 2 aromatic rings. The molecule has 0 saturated carbocycles. The minimum atomic E-state index is -1.03. The van der Waals surface area contributed by atoms with Gasteiger partial charge in [0.05, 0.1) is 24.2 Å². The number of aromatic nitrogens is 2. The van der Waals surface area contributed by atoms with Crippen LogP contribution in [0.1, 0.15) is 16.1 Å². The molecule has 18 heavy (non-hydrogen) atoms. The molecule has 5 nitrogen and oxygen atoms in total. The number of halogens is 1. The molecular weight excluding hydrogens is 256 g/mol. The van der Waals surface area contributed by atoms with Crippen LogP contribution in [0.2, 0.25) is 5.02 Å². The molecule has 0 radical (unpaired) electrons. The van der Waals surface area contributed by atoms with E-state index in [1.165, 1.54) is 18.0 Å². The minimum absolute atomic E-state index is 0.131. The summed E-state index contributed by atoms with van der Waals surface area (Å²) in [6.45, 7) is 0.171. The molecule has 0 aliphatic rings. The average molecular weight is 267 g/mol. The van der Waals surface area contributed by atoms with E-state index in [4.69, 9.17) is 21.4 Å². The zero-order chi connectivity index (χ0) is 13.1. The fraction of sp³-hybridized carbons (Fsp3) is 0.167. The van der Waals surface area contributed by atoms with Crippen molar-refractivity contribution >= 4 is 17.6 Å². The molecule has 94 valence electrons. The van der Waals surface area contributed by atoms with E-state index in [2.05, 4.69) is 5.10 Å². The van der Waals surface area contributed by atoms with E-state index >= 15 is 0 Å². The number of ether oxygens (including phenoxy) is 1. The predicted molar refractivity (Wildman–Crippen MR) is 66.2 cm³/mol. The van der Waals surface area contributed by atoms with Crippen molar-refractivity contribution in [1.82, 2.24) is 9.78 Å². The number of aromatic carboxylic acids is 1.